The first-order valence-electron chi connectivity index (χ1n) is 5.15. The minimum absolute atomic E-state index is 0.274. The van der Waals surface area contributed by atoms with Crippen molar-refractivity contribution in [1.82, 2.24) is 10.4 Å². The minimum Gasteiger partial charge on any atom is -0.443 e. The Morgan fingerprint density at radius 2 is 2.14 bits per heavy atom. The average molecular weight is 200 g/mol. The second-order valence-electron chi connectivity index (χ2n) is 4.80. The molecular formula is C10H20N2O2. The van der Waals surface area contributed by atoms with Crippen LogP contribution in [0.25, 0.3) is 0 Å². The van der Waals surface area contributed by atoms with E-state index in [0.717, 1.165) is 19.4 Å². The lowest BCUT2D eigenvalue weighted by Crippen LogP contribution is -2.52. The van der Waals surface area contributed by atoms with Gasteiger partial charge in [0.15, 0.2) is 0 Å². The normalized spacial score (nSPS) is 23.4. The van der Waals surface area contributed by atoms with Crippen LogP contribution in [-0.2, 0) is 4.74 Å². The zero-order valence-electron chi connectivity index (χ0n) is 9.46. The lowest BCUT2D eigenvalue weighted by molar-refractivity contribution is 0.00342. The average Bonchev–Trinajstić information content (AvgIpc) is 2.01. The van der Waals surface area contributed by atoms with Crippen molar-refractivity contribution in [2.75, 3.05) is 6.54 Å². The summed E-state index contributed by atoms with van der Waals surface area (Å²) in [5.74, 6) is 0. The molecule has 1 saturated heterocycles. The molecule has 1 aliphatic heterocycles. The van der Waals surface area contributed by atoms with Gasteiger partial charge in [0.1, 0.15) is 5.60 Å². The van der Waals surface area contributed by atoms with Crippen molar-refractivity contribution in [3.05, 3.63) is 0 Å². The Labute approximate surface area is 85.6 Å². The van der Waals surface area contributed by atoms with Gasteiger partial charge < -0.3 is 4.74 Å². The van der Waals surface area contributed by atoms with E-state index < -0.39 is 5.60 Å². The molecule has 4 nitrogen and oxygen atoms in total. The summed E-state index contributed by atoms with van der Waals surface area (Å²) >= 11 is 0. The number of carbonyl (C=O) groups excluding carboxylic acids is 1. The van der Waals surface area contributed by atoms with Crippen molar-refractivity contribution in [2.24, 2.45) is 0 Å². The van der Waals surface area contributed by atoms with Gasteiger partial charge in [-0.15, -0.1) is 0 Å². The summed E-state index contributed by atoms with van der Waals surface area (Å²) in [5, 5.41) is 1.57. The minimum atomic E-state index is -0.417. The van der Waals surface area contributed by atoms with Gasteiger partial charge in [-0.25, -0.2) is 15.2 Å². The van der Waals surface area contributed by atoms with Gasteiger partial charge in [-0.05, 0) is 40.5 Å². The quantitative estimate of drug-likeness (QED) is 0.649. The number of hydrogen-bond acceptors (Lipinski definition) is 3. The third-order valence-electron chi connectivity index (χ3n) is 2.01. The zero-order valence-corrected chi connectivity index (χ0v) is 9.46. The summed E-state index contributed by atoms with van der Waals surface area (Å²) in [6.07, 6.45) is 1.87. The largest absolute Gasteiger partial charge is 0.443 e. The van der Waals surface area contributed by atoms with E-state index in [1.807, 2.05) is 20.8 Å². The molecule has 0 radical (unpaired) electrons. The van der Waals surface area contributed by atoms with E-state index in [4.69, 9.17) is 4.74 Å². The predicted molar refractivity (Wildman–Crippen MR) is 54.8 cm³/mol. The highest BCUT2D eigenvalue weighted by Gasteiger charge is 2.25. The van der Waals surface area contributed by atoms with Gasteiger partial charge >= 0.3 is 6.09 Å². The zero-order chi connectivity index (χ0) is 10.8. The van der Waals surface area contributed by atoms with Gasteiger partial charge in [0.25, 0.3) is 0 Å². The van der Waals surface area contributed by atoms with Crippen LogP contribution in [0.2, 0.25) is 0 Å². The molecule has 0 aromatic heterocycles. The number of nitrogens with zero attached hydrogens (tertiary/aromatic N) is 1. The van der Waals surface area contributed by atoms with Crippen molar-refractivity contribution in [3.8, 4) is 0 Å². The van der Waals surface area contributed by atoms with E-state index >= 15 is 0 Å². The van der Waals surface area contributed by atoms with Crippen molar-refractivity contribution < 1.29 is 9.53 Å². The molecule has 1 amide bonds. The number of ether oxygens (including phenoxy) is 1. The van der Waals surface area contributed by atoms with E-state index in [1.54, 1.807) is 5.01 Å². The first kappa shape index (κ1) is 11.3. The van der Waals surface area contributed by atoms with Crippen LogP contribution in [0, 0.1) is 0 Å². The Morgan fingerprint density at radius 3 is 2.64 bits per heavy atom. The van der Waals surface area contributed by atoms with E-state index in [0.29, 0.717) is 6.04 Å². The molecule has 1 rings (SSSR count). The standard InChI is InChI=1S/C10H20N2O2/c1-8-6-5-7-12(11-8)9(13)14-10(2,3)4/h8,11H,5-7H2,1-4H3/t8-/m1/s1. The van der Waals surface area contributed by atoms with Crippen LogP contribution >= 0.6 is 0 Å². The van der Waals surface area contributed by atoms with Gasteiger partial charge in [0.2, 0.25) is 0 Å². The number of rotatable bonds is 0. The van der Waals surface area contributed by atoms with Crippen LogP contribution in [0.1, 0.15) is 40.5 Å². The van der Waals surface area contributed by atoms with Gasteiger partial charge in [0.05, 0.1) is 0 Å². The van der Waals surface area contributed by atoms with E-state index in [2.05, 4.69) is 12.3 Å². The second-order valence-corrected chi connectivity index (χ2v) is 4.80. The van der Waals surface area contributed by atoms with Crippen molar-refractivity contribution in [2.45, 2.75) is 52.2 Å². The molecule has 0 aromatic rings. The van der Waals surface area contributed by atoms with Crippen molar-refractivity contribution in [1.29, 1.82) is 0 Å². The molecule has 0 spiro atoms. The van der Waals surface area contributed by atoms with E-state index in [-0.39, 0.29) is 6.09 Å². The first-order chi connectivity index (χ1) is 6.38. The SMILES string of the molecule is C[C@@H]1CCCN(C(=O)OC(C)(C)C)N1. The molecule has 14 heavy (non-hydrogen) atoms. The molecule has 0 saturated carbocycles. The lowest BCUT2D eigenvalue weighted by atomic mass is 10.1. The molecule has 0 aromatic carbocycles. The molecular weight excluding hydrogens is 180 g/mol. The van der Waals surface area contributed by atoms with Crippen LogP contribution < -0.4 is 5.43 Å². The number of nitrogens with one attached hydrogen (secondary N) is 1. The van der Waals surface area contributed by atoms with Crippen molar-refractivity contribution in [3.63, 3.8) is 0 Å². The molecule has 1 N–H and O–H groups in total. The highest BCUT2D eigenvalue weighted by molar-refractivity contribution is 5.67. The van der Waals surface area contributed by atoms with E-state index in [9.17, 15) is 4.79 Å². The molecule has 1 atom stereocenters. The van der Waals surface area contributed by atoms with Crippen LogP contribution in [0.5, 0.6) is 0 Å². The predicted octanol–water partition coefficient (Wildman–Crippen LogP) is 1.91. The third kappa shape index (κ3) is 3.54. The summed E-state index contributed by atoms with van der Waals surface area (Å²) in [6, 6.07) is 0.358. The maximum absolute atomic E-state index is 11.6. The van der Waals surface area contributed by atoms with Crippen LogP contribution in [0.4, 0.5) is 4.79 Å². The first-order valence-corrected chi connectivity index (χ1v) is 5.15. The van der Waals surface area contributed by atoms with Gasteiger partial charge in [-0.1, -0.05) is 0 Å². The maximum atomic E-state index is 11.6. The van der Waals surface area contributed by atoms with E-state index in [1.165, 1.54) is 0 Å². The van der Waals surface area contributed by atoms with Gasteiger partial charge in [0, 0.05) is 12.6 Å². The fourth-order valence-corrected chi connectivity index (χ4v) is 1.41. The third-order valence-corrected chi connectivity index (χ3v) is 2.01. The summed E-state index contributed by atoms with van der Waals surface area (Å²) in [7, 11) is 0. The Hall–Kier alpha value is -0.770. The molecule has 0 bridgehead atoms. The Morgan fingerprint density at radius 1 is 1.50 bits per heavy atom. The number of amides is 1. The van der Waals surface area contributed by atoms with Gasteiger partial charge in [-0.3, -0.25) is 0 Å². The number of hydrogen-bond donors (Lipinski definition) is 1. The highest BCUT2D eigenvalue weighted by Crippen LogP contribution is 2.12. The van der Waals surface area contributed by atoms with Crippen LogP contribution in [0.3, 0.4) is 0 Å². The Kier molecular flexibility index (Phi) is 3.37. The Balaban J connectivity index is 2.44. The van der Waals surface area contributed by atoms with Crippen molar-refractivity contribution >= 4 is 6.09 Å². The summed E-state index contributed by atoms with van der Waals surface area (Å²) in [4.78, 5) is 11.6. The molecule has 82 valence electrons. The number of carbonyl (C=O) groups is 1. The fraction of sp³-hybridized carbons (Fsp3) is 0.900. The molecule has 4 heteroatoms. The monoisotopic (exact) mass is 200 g/mol. The molecule has 1 heterocycles. The van der Waals surface area contributed by atoms with Crippen LogP contribution in [-0.4, -0.2) is 29.3 Å². The molecule has 1 fully saturated rings. The maximum Gasteiger partial charge on any atom is 0.424 e. The van der Waals surface area contributed by atoms with Gasteiger partial charge in [-0.2, -0.15) is 0 Å². The summed E-state index contributed by atoms with van der Waals surface area (Å²) < 4.78 is 5.25. The van der Waals surface area contributed by atoms with Crippen LogP contribution in [0.15, 0.2) is 0 Å². The molecule has 1 aliphatic rings. The lowest BCUT2D eigenvalue weighted by Gasteiger charge is -2.33. The molecule has 0 aliphatic carbocycles. The fourth-order valence-electron chi connectivity index (χ4n) is 1.41. The summed E-state index contributed by atoms with van der Waals surface area (Å²) in [5.41, 5.74) is 2.68. The second kappa shape index (κ2) is 4.17. The Bertz CT molecular complexity index is 211. The summed E-state index contributed by atoms with van der Waals surface area (Å²) in [6.45, 7) is 8.42. The topological polar surface area (TPSA) is 41.6 Å². The highest BCUT2D eigenvalue weighted by atomic mass is 16.6. The molecule has 0 unspecified atom stereocenters. The number of hydrazine groups is 1. The smallest absolute Gasteiger partial charge is 0.424 e.